The second kappa shape index (κ2) is 12.7. The Balaban J connectivity index is 1.84. The Morgan fingerprint density at radius 1 is 0.758 bits per heavy atom. The van der Waals surface area contributed by atoms with E-state index in [1.165, 1.54) is 0 Å². The normalized spacial score (nSPS) is 10.1. The fourth-order valence-corrected chi connectivity index (χ4v) is 2.76. The van der Waals surface area contributed by atoms with Crippen LogP contribution in [0.25, 0.3) is 0 Å². The van der Waals surface area contributed by atoms with Gasteiger partial charge in [0.2, 0.25) is 0 Å². The van der Waals surface area contributed by atoms with Crippen LogP contribution >= 0.6 is 0 Å². The van der Waals surface area contributed by atoms with Crippen molar-refractivity contribution in [2.24, 2.45) is 0 Å². The standard InChI is InChI=1S/C24H26N2O7/c1-3-31-22(29)15-33-19-11-9-17(10-12-19)21(28)14-13-20(27)16-5-7-18(8-6-16)23(25)26-24(30)32-4-2/h5-12H,3-4,13-15H2,1-2H3,(H2,25,26,30). The van der Waals surface area contributed by atoms with Crippen molar-refractivity contribution < 1.29 is 33.4 Å². The second-order valence-corrected chi connectivity index (χ2v) is 6.76. The average molecular weight is 454 g/mol. The average Bonchev–Trinajstić information content (AvgIpc) is 2.81. The van der Waals surface area contributed by atoms with Gasteiger partial charge in [0.1, 0.15) is 11.6 Å². The molecule has 0 aliphatic carbocycles. The van der Waals surface area contributed by atoms with Crippen LogP contribution in [0.4, 0.5) is 4.79 Å². The third kappa shape index (κ3) is 8.21. The molecule has 0 aliphatic heterocycles. The largest absolute Gasteiger partial charge is 0.482 e. The number of ketones is 2. The SMILES string of the molecule is CCOC(=O)COc1ccc(C(=O)CCC(=O)c2ccc(C(=N)NC(=O)OCC)cc2)cc1. The summed E-state index contributed by atoms with van der Waals surface area (Å²) in [6, 6.07) is 12.5. The molecule has 0 aliphatic rings. The summed E-state index contributed by atoms with van der Waals surface area (Å²) in [4.78, 5) is 47.5. The minimum absolute atomic E-state index is 0.0256. The van der Waals surface area contributed by atoms with Crippen LogP contribution in [-0.4, -0.2) is 49.3 Å². The molecule has 0 spiro atoms. The third-order valence-corrected chi connectivity index (χ3v) is 4.42. The summed E-state index contributed by atoms with van der Waals surface area (Å²) in [6.45, 7) is 3.61. The summed E-state index contributed by atoms with van der Waals surface area (Å²) in [5, 5.41) is 10.1. The summed E-state index contributed by atoms with van der Waals surface area (Å²) >= 11 is 0. The summed E-state index contributed by atoms with van der Waals surface area (Å²) < 4.78 is 14.8. The van der Waals surface area contributed by atoms with Gasteiger partial charge in [0.05, 0.1) is 13.2 Å². The van der Waals surface area contributed by atoms with Crippen LogP contribution in [0.5, 0.6) is 5.75 Å². The van der Waals surface area contributed by atoms with Gasteiger partial charge in [-0.05, 0) is 38.1 Å². The first-order valence-corrected chi connectivity index (χ1v) is 10.4. The molecule has 0 saturated carbocycles. The van der Waals surface area contributed by atoms with Crippen molar-refractivity contribution >= 4 is 29.5 Å². The Kier molecular flexibility index (Phi) is 9.76. The maximum atomic E-state index is 12.4. The summed E-state index contributed by atoms with van der Waals surface area (Å²) in [5.41, 5.74) is 1.25. The van der Waals surface area contributed by atoms with E-state index in [4.69, 9.17) is 19.6 Å². The Bertz CT molecular complexity index is 998. The van der Waals surface area contributed by atoms with Crippen molar-refractivity contribution in [3.8, 4) is 5.75 Å². The van der Waals surface area contributed by atoms with Crippen molar-refractivity contribution in [1.82, 2.24) is 5.32 Å². The molecule has 0 radical (unpaired) electrons. The van der Waals surface area contributed by atoms with Crippen LogP contribution in [0.15, 0.2) is 48.5 Å². The fraction of sp³-hybridized carbons (Fsp3) is 0.292. The zero-order valence-electron chi connectivity index (χ0n) is 18.5. The van der Waals surface area contributed by atoms with Gasteiger partial charge < -0.3 is 14.2 Å². The number of ether oxygens (including phenoxy) is 3. The van der Waals surface area contributed by atoms with E-state index in [0.29, 0.717) is 22.4 Å². The maximum Gasteiger partial charge on any atom is 0.412 e. The molecule has 0 fully saturated rings. The monoisotopic (exact) mass is 454 g/mol. The van der Waals surface area contributed by atoms with Gasteiger partial charge in [-0.1, -0.05) is 24.3 Å². The van der Waals surface area contributed by atoms with Crippen molar-refractivity contribution in [1.29, 1.82) is 5.41 Å². The molecule has 174 valence electrons. The molecule has 0 aromatic heterocycles. The van der Waals surface area contributed by atoms with E-state index in [2.05, 4.69) is 5.32 Å². The van der Waals surface area contributed by atoms with Crippen molar-refractivity contribution in [3.05, 3.63) is 65.2 Å². The molecule has 2 rings (SSSR count). The number of rotatable bonds is 11. The van der Waals surface area contributed by atoms with Gasteiger partial charge in [-0.2, -0.15) is 0 Å². The van der Waals surface area contributed by atoms with Crippen molar-refractivity contribution in [2.75, 3.05) is 19.8 Å². The van der Waals surface area contributed by atoms with E-state index in [9.17, 15) is 19.2 Å². The van der Waals surface area contributed by atoms with Crippen LogP contribution in [0.3, 0.4) is 0 Å². The first-order chi connectivity index (χ1) is 15.8. The Morgan fingerprint density at radius 2 is 1.24 bits per heavy atom. The zero-order valence-corrected chi connectivity index (χ0v) is 18.5. The molecular formula is C24H26N2O7. The molecular weight excluding hydrogens is 428 g/mol. The molecule has 0 unspecified atom stereocenters. The number of carbonyl (C=O) groups excluding carboxylic acids is 4. The summed E-state index contributed by atoms with van der Waals surface area (Å²) in [7, 11) is 0. The van der Waals surface area contributed by atoms with Crippen LogP contribution in [0, 0.1) is 5.41 Å². The quantitative estimate of drug-likeness (QED) is 0.230. The van der Waals surface area contributed by atoms with Crippen LogP contribution in [0.1, 0.15) is 53.0 Å². The van der Waals surface area contributed by atoms with E-state index >= 15 is 0 Å². The highest BCUT2D eigenvalue weighted by molar-refractivity contribution is 6.06. The van der Waals surface area contributed by atoms with Crippen molar-refractivity contribution in [2.45, 2.75) is 26.7 Å². The van der Waals surface area contributed by atoms with E-state index in [1.807, 2.05) is 0 Å². The molecule has 9 heteroatoms. The number of amides is 1. The molecule has 0 saturated heterocycles. The van der Waals surface area contributed by atoms with Crippen LogP contribution in [0.2, 0.25) is 0 Å². The first-order valence-electron chi connectivity index (χ1n) is 10.4. The van der Waals surface area contributed by atoms with Crippen LogP contribution in [-0.2, 0) is 14.3 Å². The number of hydrogen-bond donors (Lipinski definition) is 2. The molecule has 1 amide bonds. The number of esters is 1. The molecule has 9 nitrogen and oxygen atoms in total. The third-order valence-electron chi connectivity index (χ3n) is 4.42. The highest BCUT2D eigenvalue weighted by Gasteiger charge is 2.13. The van der Waals surface area contributed by atoms with Crippen molar-refractivity contribution in [3.63, 3.8) is 0 Å². The predicted octanol–water partition coefficient (Wildman–Crippen LogP) is 3.55. The lowest BCUT2D eigenvalue weighted by Crippen LogP contribution is -2.31. The molecule has 0 atom stereocenters. The molecule has 33 heavy (non-hydrogen) atoms. The second-order valence-electron chi connectivity index (χ2n) is 6.76. The number of amidine groups is 1. The Labute approximate surface area is 191 Å². The number of benzene rings is 2. The lowest BCUT2D eigenvalue weighted by atomic mass is 10.0. The number of alkyl carbamates (subject to hydrolysis) is 1. The smallest absolute Gasteiger partial charge is 0.412 e. The number of carbonyl (C=O) groups is 4. The molecule has 2 N–H and O–H groups in total. The molecule has 2 aromatic carbocycles. The van der Waals surface area contributed by atoms with E-state index in [-0.39, 0.29) is 50.1 Å². The summed E-state index contributed by atoms with van der Waals surface area (Å²) in [6.07, 6.45) is -0.665. The van der Waals surface area contributed by atoms with E-state index < -0.39 is 12.1 Å². The maximum absolute atomic E-state index is 12.4. The topological polar surface area (TPSA) is 132 Å². The Morgan fingerprint density at radius 3 is 1.76 bits per heavy atom. The van der Waals surface area contributed by atoms with Crippen LogP contribution < -0.4 is 10.1 Å². The van der Waals surface area contributed by atoms with E-state index in [1.54, 1.807) is 62.4 Å². The highest BCUT2D eigenvalue weighted by atomic mass is 16.6. The van der Waals surface area contributed by atoms with Gasteiger partial charge in [-0.3, -0.25) is 20.3 Å². The summed E-state index contributed by atoms with van der Waals surface area (Å²) in [5.74, 6) is -0.598. The Hall–Kier alpha value is -4.01. The van der Waals surface area contributed by atoms with Gasteiger partial charge in [0.25, 0.3) is 0 Å². The minimum atomic E-state index is -0.722. The lowest BCUT2D eigenvalue weighted by molar-refractivity contribution is -0.145. The number of Topliss-reactive ketones (excluding diaryl/α,β-unsaturated/α-hetero) is 2. The lowest BCUT2D eigenvalue weighted by Gasteiger charge is -2.08. The molecule has 0 heterocycles. The predicted molar refractivity (Wildman–Crippen MR) is 120 cm³/mol. The van der Waals surface area contributed by atoms with Gasteiger partial charge in [0.15, 0.2) is 18.2 Å². The van der Waals surface area contributed by atoms with Gasteiger partial charge in [-0.15, -0.1) is 0 Å². The van der Waals surface area contributed by atoms with Gasteiger partial charge in [-0.25, -0.2) is 9.59 Å². The highest BCUT2D eigenvalue weighted by Crippen LogP contribution is 2.15. The first kappa shape index (κ1) is 25.3. The van der Waals surface area contributed by atoms with E-state index in [0.717, 1.165) is 0 Å². The molecule has 2 aromatic rings. The number of nitrogens with one attached hydrogen (secondary N) is 2. The molecule has 0 bridgehead atoms. The zero-order chi connectivity index (χ0) is 24.2. The van der Waals surface area contributed by atoms with Gasteiger partial charge in [0, 0.05) is 29.5 Å². The van der Waals surface area contributed by atoms with Gasteiger partial charge >= 0.3 is 12.1 Å². The minimum Gasteiger partial charge on any atom is -0.482 e. The fourth-order valence-electron chi connectivity index (χ4n) is 2.76. The number of hydrogen-bond acceptors (Lipinski definition) is 8.